The number of aryl methyl sites for hydroxylation is 2. The summed E-state index contributed by atoms with van der Waals surface area (Å²) in [7, 11) is -3.75. The molecule has 0 saturated heterocycles. The summed E-state index contributed by atoms with van der Waals surface area (Å²) in [4.78, 5) is 6.50. The van der Waals surface area contributed by atoms with Gasteiger partial charge in [-0.3, -0.25) is 4.90 Å². The van der Waals surface area contributed by atoms with Gasteiger partial charge in [-0.15, -0.1) is 5.10 Å². The number of sulfonamides is 1. The molecule has 2 aromatic rings. The lowest BCUT2D eigenvalue weighted by molar-refractivity contribution is 0.179. The molecule has 0 aliphatic heterocycles. The molecule has 9 heteroatoms. The number of hydrogen-bond acceptors (Lipinski definition) is 6. The van der Waals surface area contributed by atoms with Crippen LogP contribution in [0, 0.1) is 0 Å². The molecule has 170 valence electrons. The predicted octanol–water partition coefficient (Wildman–Crippen LogP) is 2.92. The number of nitrogens with zero attached hydrogens (tertiary/aromatic N) is 3. The first-order valence-electron chi connectivity index (χ1n) is 11.4. The molecule has 2 aliphatic rings. The number of anilines is 2. The number of hydrogen-bond donors (Lipinski definition) is 3. The molecule has 0 bridgehead atoms. The van der Waals surface area contributed by atoms with Gasteiger partial charge < -0.3 is 5.32 Å². The van der Waals surface area contributed by atoms with Gasteiger partial charge in [-0.05, 0) is 88.5 Å². The maximum Gasteiger partial charge on any atom is 0.275 e. The number of nitrogens with one attached hydrogen (secondary N) is 3. The van der Waals surface area contributed by atoms with Crippen molar-refractivity contribution >= 4 is 21.7 Å². The van der Waals surface area contributed by atoms with Crippen LogP contribution in [-0.4, -0.2) is 53.7 Å². The summed E-state index contributed by atoms with van der Waals surface area (Å²) >= 11 is 0. The van der Waals surface area contributed by atoms with E-state index >= 15 is 0 Å². The van der Waals surface area contributed by atoms with E-state index in [9.17, 15) is 8.42 Å². The molecule has 2 aliphatic carbocycles. The molecule has 0 spiro atoms. The Bertz CT molecular complexity index is 1000. The van der Waals surface area contributed by atoms with E-state index in [-0.39, 0.29) is 5.16 Å². The van der Waals surface area contributed by atoms with Gasteiger partial charge in [0.25, 0.3) is 15.2 Å². The lowest BCUT2D eigenvalue weighted by atomic mass is 9.99. The fourth-order valence-corrected chi connectivity index (χ4v) is 5.86. The van der Waals surface area contributed by atoms with Crippen LogP contribution in [0.15, 0.2) is 11.2 Å². The van der Waals surface area contributed by atoms with Gasteiger partial charge in [0.15, 0.2) is 0 Å². The standard InChI is InChI=1S/C22H34N6O2S/c1-14(2)28(15(3)4)12-11-23-31(29,30)22-25-21(26-27-22)24-20-18-9-5-7-16(18)13-17-8-6-10-19(17)20/h13-15,23H,5-12H2,1-4H3,(H2,24,25,26,27). The molecule has 0 fully saturated rings. The van der Waals surface area contributed by atoms with Gasteiger partial charge in [-0.2, -0.15) is 4.98 Å². The van der Waals surface area contributed by atoms with Crippen molar-refractivity contribution in [3.63, 3.8) is 0 Å². The number of benzene rings is 1. The van der Waals surface area contributed by atoms with Crippen LogP contribution < -0.4 is 10.0 Å². The van der Waals surface area contributed by atoms with E-state index in [1.165, 1.54) is 22.3 Å². The molecule has 1 aromatic carbocycles. The highest BCUT2D eigenvalue weighted by atomic mass is 32.2. The van der Waals surface area contributed by atoms with E-state index in [4.69, 9.17) is 0 Å². The molecule has 0 unspecified atom stereocenters. The quantitative estimate of drug-likeness (QED) is 0.547. The summed E-state index contributed by atoms with van der Waals surface area (Å²) in [5, 5.41) is 9.94. The van der Waals surface area contributed by atoms with Crippen molar-refractivity contribution in [1.29, 1.82) is 0 Å². The van der Waals surface area contributed by atoms with Crippen molar-refractivity contribution in [2.24, 2.45) is 0 Å². The minimum atomic E-state index is -3.75. The number of H-pyrrole nitrogens is 1. The van der Waals surface area contributed by atoms with E-state index in [2.05, 4.69) is 63.9 Å². The molecule has 0 radical (unpaired) electrons. The summed E-state index contributed by atoms with van der Waals surface area (Å²) in [5.41, 5.74) is 6.61. The number of aromatic nitrogens is 3. The van der Waals surface area contributed by atoms with Gasteiger partial charge in [-0.25, -0.2) is 18.2 Å². The smallest absolute Gasteiger partial charge is 0.275 e. The van der Waals surface area contributed by atoms with Gasteiger partial charge in [0.05, 0.1) is 0 Å². The van der Waals surface area contributed by atoms with Crippen molar-refractivity contribution in [1.82, 2.24) is 24.8 Å². The normalized spacial score (nSPS) is 15.8. The van der Waals surface area contributed by atoms with Gasteiger partial charge >= 0.3 is 0 Å². The zero-order valence-corrected chi connectivity index (χ0v) is 19.8. The van der Waals surface area contributed by atoms with Crippen LogP contribution in [0.1, 0.15) is 62.8 Å². The Labute approximate surface area is 185 Å². The maximum absolute atomic E-state index is 12.7. The van der Waals surface area contributed by atoms with E-state index in [1.54, 1.807) is 0 Å². The Balaban J connectivity index is 1.47. The average molecular weight is 447 g/mol. The lowest BCUT2D eigenvalue weighted by Gasteiger charge is -2.30. The molecular formula is C22H34N6O2S. The maximum atomic E-state index is 12.7. The van der Waals surface area contributed by atoms with Gasteiger partial charge in [0.1, 0.15) is 0 Å². The second-order valence-corrected chi connectivity index (χ2v) is 10.8. The van der Waals surface area contributed by atoms with Crippen LogP contribution in [0.4, 0.5) is 11.6 Å². The minimum Gasteiger partial charge on any atom is -0.322 e. The first kappa shape index (κ1) is 22.2. The molecule has 0 saturated carbocycles. The molecule has 8 nitrogen and oxygen atoms in total. The molecule has 4 rings (SSSR count). The van der Waals surface area contributed by atoms with Crippen LogP contribution in [0.5, 0.6) is 0 Å². The van der Waals surface area contributed by atoms with Crippen LogP contribution >= 0.6 is 0 Å². The number of rotatable bonds is 9. The zero-order chi connectivity index (χ0) is 22.2. The Hall–Kier alpha value is -1.97. The van der Waals surface area contributed by atoms with Crippen LogP contribution in [0.2, 0.25) is 0 Å². The number of fused-ring (bicyclic) bond motifs is 2. The Morgan fingerprint density at radius 2 is 1.65 bits per heavy atom. The molecule has 0 amide bonds. The second kappa shape index (κ2) is 8.88. The lowest BCUT2D eigenvalue weighted by Crippen LogP contribution is -2.42. The van der Waals surface area contributed by atoms with Crippen molar-refractivity contribution in [3.05, 3.63) is 28.3 Å². The highest BCUT2D eigenvalue weighted by Crippen LogP contribution is 2.39. The fraction of sp³-hybridized carbons (Fsp3) is 0.636. The first-order valence-corrected chi connectivity index (χ1v) is 12.9. The van der Waals surface area contributed by atoms with Crippen molar-refractivity contribution in [3.8, 4) is 0 Å². The summed E-state index contributed by atoms with van der Waals surface area (Å²) in [6.07, 6.45) is 6.63. The fourth-order valence-electron chi connectivity index (χ4n) is 4.99. The third kappa shape index (κ3) is 4.63. The first-order chi connectivity index (χ1) is 14.8. The Kier molecular flexibility index (Phi) is 6.37. The molecule has 31 heavy (non-hydrogen) atoms. The third-order valence-corrected chi connectivity index (χ3v) is 7.69. The summed E-state index contributed by atoms with van der Waals surface area (Å²) in [5.74, 6) is 0.306. The van der Waals surface area contributed by atoms with E-state index in [1.807, 2.05) is 0 Å². The van der Waals surface area contributed by atoms with E-state index in [0.29, 0.717) is 31.1 Å². The van der Waals surface area contributed by atoms with Crippen LogP contribution in [0.25, 0.3) is 0 Å². The Morgan fingerprint density at radius 1 is 1.03 bits per heavy atom. The molecule has 3 N–H and O–H groups in total. The van der Waals surface area contributed by atoms with Gasteiger partial charge in [0.2, 0.25) is 5.95 Å². The highest BCUT2D eigenvalue weighted by Gasteiger charge is 2.26. The van der Waals surface area contributed by atoms with Crippen molar-refractivity contribution in [2.75, 3.05) is 18.4 Å². The summed E-state index contributed by atoms with van der Waals surface area (Å²) in [6.45, 7) is 9.40. The highest BCUT2D eigenvalue weighted by molar-refractivity contribution is 7.89. The predicted molar refractivity (Wildman–Crippen MR) is 122 cm³/mol. The second-order valence-electron chi connectivity index (χ2n) is 9.15. The molecule has 1 heterocycles. The number of aromatic amines is 1. The van der Waals surface area contributed by atoms with E-state index in [0.717, 1.165) is 44.2 Å². The van der Waals surface area contributed by atoms with Crippen molar-refractivity contribution in [2.45, 2.75) is 83.5 Å². The van der Waals surface area contributed by atoms with Crippen LogP contribution in [0.3, 0.4) is 0 Å². The average Bonchev–Trinajstić information content (AvgIpc) is 3.44. The monoisotopic (exact) mass is 446 g/mol. The SMILES string of the molecule is CC(C)N(CCNS(=O)(=O)c1nc(Nc2c3c(cc4c2CCC4)CCC3)n[nH]1)C(C)C. The summed E-state index contributed by atoms with van der Waals surface area (Å²) < 4.78 is 28.0. The van der Waals surface area contributed by atoms with Crippen LogP contribution in [-0.2, 0) is 35.7 Å². The summed E-state index contributed by atoms with van der Waals surface area (Å²) in [6, 6.07) is 3.06. The third-order valence-electron chi connectivity index (χ3n) is 6.42. The topological polar surface area (TPSA) is 103 Å². The largest absolute Gasteiger partial charge is 0.322 e. The molecular weight excluding hydrogens is 412 g/mol. The van der Waals surface area contributed by atoms with Gasteiger partial charge in [0, 0.05) is 30.9 Å². The zero-order valence-electron chi connectivity index (χ0n) is 19.0. The minimum absolute atomic E-state index is 0.153. The molecule has 0 atom stereocenters. The van der Waals surface area contributed by atoms with E-state index < -0.39 is 10.0 Å². The molecule has 1 aromatic heterocycles. The van der Waals surface area contributed by atoms with Gasteiger partial charge in [-0.1, -0.05) is 6.07 Å². The Morgan fingerprint density at radius 3 is 2.23 bits per heavy atom. The van der Waals surface area contributed by atoms with Crippen molar-refractivity contribution < 1.29 is 8.42 Å².